The number of rotatable bonds is 4. The minimum Gasteiger partial charge on any atom is -0.354 e. The molecule has 2 amide bonds. The van der Waals surface area contributed by atoms with Gasteiger partial charge in [-0.05, 0) is 23.8 Å². The van der Waals surface area contributed by atoms with Gasteiger partial charge in [0, 0.05) is 23.3 Å². The van der Waals surface area contributed by atoms with Gasteiger partial charge >= 0.3 is 0 Å². The maximum atomic E-state index is 11.4. The molecule has 1 aromatic heterocycles. The van der Waals surface area contributed by atoms with Crippen LogP contribution in [0.4, 0.5) is 0 Å². The van der Waals surface area contributed by atoms with Crippen molar-refractivity contribution in [2.45, 2.75) is 6.54 Å². The monoisotopic (exact) mass is 351 g/mol. The summed E-state index contributed by atoms with van der Waals surface area (Å²) < 4.78 is 2.41. The van der Waals surface area contributed by atoms with Crippen molar-refractivity contribution in [3.8, 4) is 0 Å². The number of nitrogens with two attached hydrogens (primary N) is 1. The summed E-state index contributed by atoms with van der Waals surface area (Å²) in [7, 11) is 1.55. The summed E-state index contributed by atoms with van der Waals surface area (Å²) in [4.78, 5) is 22.9. The quantitative estimate of drug-likeness (QED) is 0.427. The van der Waals surface area contributed by atoms with Crippen LogP contribution in [0, 0.1) is 0 Å². The van der Waals surface area contributed by atoms with Crippen LogP contribution in [0.25, 0.3) is 0 Å². The van der Waals surface area contributed by atoms with Gasteiger partial charge in [0.15, 0.2) is 0 Å². The predicted molar refractivity (Wildman–Crippen MR) is 80.5 cm³/mol. The molecule has 7 nitrogen and oxygen atoms in total. The molecule has 2 rings (SSSR count). The molecule has 1 heterocycles. The van der Waals surface area contributed by atoms with Gasteiger partial charge in [-0.3, -0.25) is 19.7 Å². The number of nitrogens with zero attached hydrogens (tertiary/aromatic N) is 2. The van der Waals surface area contributed by atoms with E-state index in [9.17, 15) is 9.59 Å². The fourth-order valence-corrected chi connectivity index (χ4v) is 2.28. The zero-order chi connectivity index (χ0) is 15.4. The molecule has 0 aliphatic carbocycles. The average molecular weight is 352 g/mol. The topological polar surface area (TPSA) is 102 Å². The largest absolute Gasteiger partial charge is 0.354 e. The number of nitrogens with one attached hydrogen (secondary N) is 2. The SMILES string of the molecule is CNC(=O)c1ccn(Cc2ccc(C(=O)NN)cc2Br)n1. The van der Waals surface area contributed by atoms with Crippen LogP contribution in [0.2, 0.25) is 0 Å². The Bertz CT molecular complexity index is 683. The van der Waals surface area contributed by atoms with Crippen LogP contribution >= 0.6 is 15.9 Å². The second kappa shape index (κ2) is 6.51. The van der Waals surface area contributed by atoms with Crippen LogP contribution in [-0.4, -0.2) is 28.6 Å². The molecular weight excluding hydrogens is 338 g/mol. The van der Waals surface area contributed by atoms with Crippen molar-refractivity contribution < 1.29 is 9.59 Å². The molecule has 0 aliphatic heterocycles. The van der Waals surface area contributed by atoms with Gasteiger partial charge in [-0.15, -0.1) is 0 Å². The minimum atomic E-state index is -0.358. The highest BCUT2D eigenvalue weighted by atomic mass is 79.9. The lowest BCUT2D eigenvalue weighted by Gasteiger charge is -2.07. The molecule has 0 spiro atoms. The Hall–Kier alpha value is -2.19. The standard InChI is InChI=1S/C13H14BrN5O2/c1-16-13(21)11-4-5-19(18-11)7-9-3-2-8(6-10(9)14)12(20)17-15/h2-6H,7,15H2,1H3,(H,16,21)(H,17,20). The molecule has 0 atom stereocenters. The Morgan fingerprint density at radius 2 is 2.10 bits per heavy atom. The molecule has 0 radical (unpaired) electrons. The van der Waals surface area contributed by atoms with Crippen LogP contribution in [0.15, 0.2) is 34.9 Å². The molecule has 0 unspecified atom stereocenters. The van der Waals surface area contributed by atoms with Crippen molar-refractivity contribution in [3.63, 3.8) is 0 Å². The van der Waals surface area contributed by atoms with Crippen molar-refractivity contribution in [2.75, 3.05) is 7.05 Å². The first-order valence-electron chi connectivity index (χ1n) is 6.10. The van der Waals surface area contributed by atoms with Gasteiger partial charge in [0.05, 0.1) is 6.54 Å². The zero-order valence-electron chi connectivity index (χ0n) is 11.3. The van der Waals surface area contributed by atoms with Crippen molar-refractivity contribution in [1.82, 2.24) is 20.5 Å². The summed E-state index contributed by atoms with van der Waals surface area (Å²) in [5, 5.41) is 6.69. The summed E-state index contributed by atoms with van der Waals surface area (Å²) in [5.74, 6) is 4.50. The summed E-state index contributed by atoms with van der Waals surface area (Å²) in [6.07, 6.45) is 1.72. The minimum absolute atomic E-state index is 0.234. The van der Waals surface area contributed by atoms with Crippen molar-refractivity contribution in [2.24, 2.45) is 5.84 Å². The lowest BCUT2D eigenvalue weighted by atomic mass is 10.1. The summed E-state index contributed by atoms with van der Waals surface area (Å²) in [6, 6.07) is 6.80. The molecule has 0 saturated heterocycles. The highest BCUT2D eigenvalue weighted by Gasteiger charge is 2.10. The number of hydrogen-bond acceptors (Lipinski definition) is 4. The molecule has 0 fully saturated rings. The first-order valence-corrected chi connectivity index (χ1v) is 6.89. The van der Waals surface area contributed by atoms with E-state index in [1.807, 2.05) is 0 Å². The van der Waals surface area contributed by atoms with E-state index in [1.54, 1.807) is 42.2 Å². The van der Waals surface area contributed by atoms with Crippen LogP contribution in [0.1, 0.15) is 26.4 Å². The van der Waals surface area contributed by atoms with E-state index in [0.717, 1.165) is 10.0 Å². The molecule has 0 saturated carbocycles. The van der Waals surface area contributed by atoms with Gasteiger partial charge < -0.3 is 5.32 Å². The number of benzene rings is 1. The lowest BCUT2D eigenvalue weighted by molar-refractivity contribution is 0.0947. The number of aromatic nitrogens is 2. The molecule has 2 aromatic rings. The number of carbonyl (C=O) groups excluding carboxylic acids is 2. The van der Waals surface area contributed by atoms with E-state index in [2.05, 4.69) is 31.8 Å². The fraction of sp³-hybridized carbons (Fsp3) is 0.154. The Balaban J connectivity index is 2.18. The van der Waals surface area contributed by atoms with Crippen molar-refractivity contribution in [1.29, 1.82) is 0 Å². The van der Waals surface area contributed by atoms with Gasteiger partial charge in [0.1, 0.15) is 5.69 Å². The normalized spacial score (nSPS) is 10.2. The fourth-order valence-electron chi connectivity index (χ4n) is 1.77. The Kier molecular flexibility index (Phi) is 4.71. The van der Waals surface area contributed by atoms with Crippen molar-refractivity contribution in [3.05, 3.63) is 51.8 Å². The summed E-state index contributed by atoms with van der Waals surface area (Å²) >= 11 is 3.41. The van der Waals surface area contributed by atoms with Crippen LogP contribution < -0.4 is 16.6 Å². The second-order valence-corrected chi connectivity index (χ2v) is 5.11. The van der Waals surface area contributed by atoms with Gasteiger partial charge in [0.25, 0.3) is 11.8 Å². The number of nitrogen functional groups attached to an aromatic ring is 1. The molecule has 0 aliphatic rings. The van der Waals surface area contributed by atoms with Gasteiger partial charge in [-0.2, -0.15) is 5.10 Å². The third-order valence-electron chi connectivity index (χ3n) is 2.88. The molecule has 0 bridgehead atoms. The number of hydrogen-bond donors (Lipinski definition) is 3. The molecular formula is C13H14BrN5O2. The van der Waals surface area contributed by atoms with Crippen LogP contribution in [0.3, 0.4) is 0 Å². The number of carbonyl (C=O) groups is 2. The van der Waals surface area contributed by atoms with Crippen LogP contribution in [-0.2, 0) is 6.54 Å². The average Bonchev–Trinajstić information content (AvgIpc) is 2.96. The first kappa shape index (κ1) is 15.2. The zero-order valence-corrected chi connectivity index (χ0v) is 12.8. The van der Waals surface area contributed by atoms with Gasteiger partial charge in [-0.25, -0.2) is 5.84 Å². The number of hydrazine groups is 1. The van der Waals surface area contributed by atoms with E-state index in [1.165, 1.54) is 0 Å². The number of amides is 2. The second-order valence-electron chi connectivity index (χ2n) is 4.26. The molecule has 110 valence electrons. The summed E-state index contributed by atoms with van der Waals surface area (Å²) in [5.41, 5.74) is 3.82. The van der Waals surface area contributed by atoms with Crippen LogP contribution in [0.5, 0.6) is 0 Å². The van der Waals surface area contributed by atoms with E-state index < -0.39 is 0 Å². The third kappa shape index (κ3) is 3.47. The molecule has 4 N–H and O–H groups in total. The van der Waals surface area contributed by atoms with Gasteiger partial charge in [-0.1, -0.05) is 22.0 Å². The highest BCUT2D eigenvalue weighted by Crippen LogP contribution is 2.19. The van der Waals surface area contributed by atoms with E-state index in [-0.39, 0.29) is 11.8 Å². The molecule has 1 aromatic carbocycles. The van der Waals surface area contributed by atoms with Crippen molar-refractivity contribution >= 4 is 27.7 Å². The first-order chi connectivity index (χ1) is 10.0. The van der Waals surface area contributed by atoms with Gasteiger partial charge in [0.2, 0.25) is 0 Å². The molecule has 21 heavy (non-hydrogen) atoms. The Morgan fingerprint density at radius 3 is 2.71 bits per heavy atom. The van der Waals surface area contributed by atoms with E-state index in [0.29, 0.717) is 17.8 Å². The molecule has 8 heteroatoms. The predicted octanol–water partition coefficient (Wildman–Crippen LogP) is 0.657. The summed E-state index contributed by atoms with van der Waals surface area (Å²) in [6.45, 7) is 0.474. The third-order valence-corrected chi connectivity index (χ3v) is 3.62. The maximum absolute atomic E-state index is 11.4. The number of halogens is 1. The Morgan fingerprint density at radius 1 is 1.33 bits per heavy atom. The maximum Gasteiger partial charge on any atom is 0.271 e. The van der Waals surface area contributed by atoms with E-state index >= 15 is 0 Å². The highest BCUT2D eigenvalue weighted by molar-refractivity contribution is 9.10. The smallest absolute Gasteiger partial charge is 0.271 e. The Labute approximate surface area is 129 Å². The van der Waals surface area contributed by atoms with E-state index in [4.69, 9.17) is 5.84 Å². The lowest BCUT2D eigenvalue weighted by Crippen LogP contribution is -2.29.